The summed E-state index contributed by atoms with van der Waals surface area (Å²) in [5, 5.41) is 0. The van der Waals surface area contributed by atoms with E-state index in [0.29, 0.717) is 11.4 Å². The molecule has 0 bridgehead atoms. The second-order valence-corrected chi connectivity index (χ2v) is 5.22. The van der Waals surface area contributed by atoms with Crippen LogP contribution in [-0.2, 0) is 16.0 Å². The molecule has 4 N–H and O–H groups in total. The van der Waals surface area contributed by atoms with Gasteiger partial charge in [0.25, 0.3) is 0 Å². The zero-order valence-electron chi connectivity index (χ0n) is 11.2. The summed E-state index contributed by atoms with van der Waals surface area (Å²) in [7, 11) is 0. The Balaban J connectivity index is 2.36. The average Bonchev–Trinajstić information content (AvgIpc) is 2.64. The fourth-order valence-corrected chi connectivity index (χ4v) is 2.41. The maximum Gasteiger partial charge on any atom is 0.238 e. The van der Waals surface area contributed by atoms with Gasteiger partial charge in [0.15, 0.2) is 0 Å². The molecule has 0 fully saturated rings. The highest BCUT2D eigenvalue weighted by molar-refractivity contribution is 6.20. The molecule has 2 amide bonds. The van der Waals surface area contributed by atoms with E-state index in [9.17, 15) is 9.59 Å². The van der Waals surface area contributed by atoms with Crippen LogP contribution in [0.25, 0.3) is 0 Å². The predicted octanol–water partition coefficient (Wildman–Crippen LogP) is 0.915. The Hall–Kier alpha value is -1.88. The number of amides is 2. The molecular formula is C14H19N3O2. The van der Waals surface area contributed by atoms with Gasteiger partial charge >= 0.3 is 0 Å². The minimum atomic E-state index is -0.340. The maximum atomic E-state index is 12.5. The number of nitrogen functional groups attached to an aromatic ring is 1. The number of imide groups is 1. The zero-order valence-corrected chi connectivity index (χ0v) is 11.2. The Labute approximate surface area is 112 Å². The highest BCUT2D eigenvalue weighted by Gasteiger charge is 2.36. The van der Waals surface area contributed by atoms with Crippen molar-refractivity contribution in [2.75, 3.05) is 17.2 Å². The average molecular weight is 261 g/mol. The Kier molecular flexibility index (Phi) is 3.57. The molecule has 0 aliphatic carbocycles. The van der Waals surface area contributed by atoms with E-state index in [1.807, 2.05) is 13.8 Å². The van der Waals surface area contributed by atoms with Gasteiger partial charge in [-0.25, -0.2) is 4.90 Å². The van der Waals surface area contributed by atoms with Crippen molar-refractivity contribution in [3.63, 3.8) is 0 Å². The summed E-state index contributed by atoms with van der Waals surface area (Å²) in [6.45, 7) is 4.10. The standard InChI is InChI=1S/C14H19N3O2/c1-8(2)11(7-15)14(19)17-12-4-3-10(16)5-9(12)6-13(17)18/h3-5,8,11H,6-7,15-16H2,1-2H3. The number of anilines is 2. The van der Waals surface area contributed by atoms with Gasteiger partial charge in [0.05, 0.1) is 18.0 Å². The Bertz CT molecular complexity index is 525. The number of rotatable bonds is 3. The summed E-state index contributed by atoms with van der Waals surface area (Å²) < 4.78 is 0. The largest absolute Gasteiger partial charge is 0.399 e. The minimum Gasteiger partial charge on any atom is -0.399 e. The SMILES string of the molecule is CC(C)C(CN)C(=O)N1C(=O)Cc2cc(N)ccc21. The number of hydrogen-bond acceptors (Lipinski definition) is 4. The Morgan fingerprint density at radius 1 is 1.42 bits per heavy atom. The van der Waals surface area contributed by atoms with Gasteiger partial charge in [0.1, 0.15) is 0 Å². The van der Waals surface area contributed by atoms with Gasteiger partial charge in [-0.15, -0.1) is 0 Å². The van der Waals surface area contributed by atoms with Crippen molar-refractivity contribution in [3.8, 4) is 0 Å². The smallest absolute Gasteiger partial charge is 0.238 e. The molecule has 1 aliphatic rings. The number of fused-ring (bicyclic) bond motifs is 1. The lowest BCUT2D eigenvalue weighted by molar-refractivity contribution is -0.128. The molecule has 0 aromatic heterocycles. The molecule has 102 valence electrons. The molecule has 1 aliphatic heterocycles. The fourth-order valence-electron chi connectivity index (χ4n) is 2.41. The van der Waals surface area contributed by atoms with Crippen LogP contribution in [0.4, 0.5) is 11.4 Å². The van der Waals surface area contributed by atoms with Crippen molar-refractivity contribution >= 4 is 23.2 Å². The van der Waals surface area contributed by atoms with E-state index in [0.717, 1.165) is 5.56 Å². The van der Waals surface area contributed by atoms with E-state index < -0.39 is 0 Å². The van der Waals surface area contributed by atoms with E-state index >= 15 is 0 Å². The third kappa shape index (κ3) is 2.33. The van der Waals surface area contributed by atoms with Crippen LogP contribution in [-0.4, -0.2) is 18.4 Å². The monoisotopic (exact) mass is 261 g/mol. The Morgan fingerprint density at radius 2 is 2.11 bits per heavy atom. The number of carbonyl (C=O) groups excluding carboxylic acids is 2. The van der Waals surface area contributed by atoms with E-state index in [1.54, 1.807) is 18.2 Å². The first-order valence-electron chi connectivity index (χ1n) is 6.41. The highest BCUT2D eigenvalue weighted by atomic mass is 16.2. The topological polar surface area (TPSA) is 89.4 Å². The number of hydrogen-bond donors (Lipinski definition) is 2. The quantitative estimate of drug-likeness (QED) is 0.792. The van der Waals surface area contributed by atoms with Gasteiger partial charge < -0.3 is 11.5 Å². The van der Waals surface area contributed by atoms with Crippen molar-refractivity contribution in [2.45, 2.75) is 20.3 Å². The molecule has 2 rings (SSSR count). The van der Waals surface area contributed by atoms with Crippen LogP contribution in [0.2, 0.25) is 0 Å². The summed E-state index contributed by atoms with van der Waals surface area (Å²) in [4.78, 5) is 25.8. The molecule has 1 atom stereocenters. The summed E-state index contributed by atoms with van der Waals surface area (Å²) in [6, 6.07) is 5.17. The van der Waals surface area contributed by atoms with Crippen LogP contribution in [0.1, 0.15) is 19.4 Å². The van der Waals surface area contributed by atoms with Gasteiger partial charge in [-0.05, 0) is 29.7 Å². The summed E-state index contributed by atoms with van der Waals surface area (Å²) in [5.74, 6) is -0.661. The third-order valence-corrected chi connectivity index (χ3v) is 3.53. The van der Waals surface area contributed by atoms with Gasteiger partial charge in [0.2, 0.25) is 11.8 Å². The first-order chi connectivity index (χ1) is 8.95. The van der Waals surface area contributed by atoms with Gasteiger partial charge in [0, 0.05) is 12.2 Å². The maximum absolute atomic E-state index is 12.5. The van der Waals surface area contributed by atoms with Crippen molar-refractivity contribution < 1.29 is 9.59 Å². The third-order valence-electron chi connectivity index (χ3n) is 3.53. The van der Waals surface area contributed by atoms with Crippen LogP contribution >= 0.6 is 0 Å². The lowest BCUT2D eigenvalue weighted by Gasteiger charge is -2.24. The summed E-state index contributed by atoms with van der Waals surface area (Å²) >= 11 is 0. The molecule has 5 nitrogen and oxygen atoms in total. The molecule has 19 heavy (non-hydrogen) atoms. The molecular weight excluding hydrogens is 242 g/mol. The second kappa shape index (κ2) is 5.01. The lowest BCUT2D eigenvalue weighted by Crippen LogP contribution is -2.43. The van der Waals surface area contributed by atoms with Crippen LogP contribution < -0.4 is 16.4 Å². The number of carbonyl (C=O) groups is 2. The van der Waals surface area contributed by atoms with E-state index in [-0.39, 0.29) is 36.6 Å². The molecule has 1 aromatic carbocycles. The number of nitrogens with two attached hydrogens (primary N) is 2. The molecule has 1 unspecified atom stereocenters. The van der Waals surface area contributed by atoms with Crippen LogP contribution in [0.5, 0.6) is 0 Å². The molecule has 5 heteroatoms. The molecule has 0 radical (unpaired) electrons. The van der Waals surface area contributed by atoms with Crippen LogP contribution in [0.3, 0.4) is 0 Å². The van der Waals surface area contributed by atoms with Crippen molar-refractivity contribution in [1.29, 1.82) is 0 Å². The van der Waals surface area contributed by atoms with E-state index in [1.165, 1.54) is 4.90 Å². The van der Waals surface area contributed by atoms with Gasteiger partial charge in [-0.3, -0.25) is 9.59 Å². The second-order valence-electron chi connectivity index (χ2n) is 5.22. The van der Waals surface area contributed by atoms with E-state index in [2.05, 4.69) is 0 Å². The fraction of sp³-hybridized carbons (Fsp3) is 0.429. The van der Waals surface area contributed by atoms with Crippen molar-refractivity contribution in [2.24, 2.45) is 17.6 Å². The molecule has 1 aromatic rings. The predicted molar refractivity (Wildman–Crippen MR) is 74.4 cm³/mol. The van der Waals surface area contributed by atoms with Gasteiger partial charge in [-0.1, -0.05) is 13.8 Å². The Morgan fingerprint density at radius 3 is 2.68 bits per heavy atom. The van der Waals surface area contributed by atoms with Crippen molar-refractivity contribution in [3.05, 3.63) is 23.8 Å². The number of benzene rings is 1. The van der Waals surface area contributed by atoms with Crippen LogP contribution in [0.15, 0.2) is 18.2 Å². The minimum absolute atomic E-state index is 0.100. The molecule has 0 saturated carbocycles. The molecule has 0 spiro atoms. The number of nitrogens with zero attached hydrogens (tertiary/aromatic N) is 1. The summed E-state index contributed by atoms with van der Waals surface area (Å²) in [6.07, 6.45) is 0.224. The normalized spacial score (nSPS) is 15.8. The zero-order chi connectivity index (χ0) is 14.2. The first kappa shape index (κ1) is 13.5. The molecule has 1 heterocycles. The van der Waals surface area contributed by atoms with Gasteiger partial charge in [-0.2, -0.15) is 0 Å². The van der Waals surface area contributed by atoms with Crippen molar-refractivity contribution in [1.82, 2.24) is 0 Å². The first-order valence-corrected chi connectivity index (χ1v) is 6.41. The van der Waals surface area contributed by atoms with Crippen LogP contribution in [0, 0.1) is 11.8 Å². The molecule has 0 saturated heterocycles. The van der Waals surface area contributed by atoms with E-state index in [4.69, 9.17) is 11.5 Å². The summed E-state index contributed by atoms with van der Waals surface area (Å²) in [5.41, 5.74) is 13.4. The highest BCUT2D eigenvalue weighted by Crippen LogP contribution is 2.32. The lowest BCUT2D eigenvalue weighted by atomic mass is 9.94.